The molecule has 0 radical (unpaired) electrons. The fraction of sp³-hybridized carbons (Fsp3) is 0.375. The minimum atomic E-state index is 0.436. The lowest BCUT2D eigenvalue weighted by Crippen LogP contribution is -2.04. The molecule has 0 saturated carbocycles. The third-order valence-corrected chi connectivity index (χ3v) is 3.64. The number of rotatable bonds is 4. The minimum Gasteiger partial charge on any atom is -0.248 e. The predicted octanol–water partition coefficient (Wildman–Crippen LogP) is 3.96. The smallest absolute Gasteiger partial charge is 0.145 e. The first-order chi connectivity index (χ1) is 9.52. The van der Waals surface area contributed by atoms with Crippen molar-refractivity contribution < 1.29 is 0 Å². The van der Waals surface area contributed by atoms with Gasteiger partial charge in [-0.2, -0.15) is 10.4 Å². The Balaban J connectivity index is 2.36. The van der Waals surface area contributed by atoms with Crippen molar-refractivity contribution in [2.24, 2.45) is 5.92 Å². The SMILES string of the molecule is Cc1ccccc1Cn1nc(CC(C)C)c(C#N)c1Cl. The lowest BCUT2D eigenvalue weighted by Gasteiger charge is -2.06. The first kappa shape index (κ1) is 14.6. The third kappa shape index (κ3) is 3.02. The Morgan fingerprint density at radius 3 is 2.65 bits per heavy atom. The number of hydrogen-bond acceptors (Lipinski definition) is 2. The number of nitriles is 1. The van der Waals surface area contributed by atoms with Gasteiger partial charge in [0.2, 0.25) is 0 Å². The molecule has 0 amide bonds. The molecular formula is C16H18ClN3. The molecule has 0 unspecified atom stereocenters. The number of nitrogens with zero attached hydrogens (tertiary/aromatic N) is 3. The summed E-state index contributed by atoms with van der Waals surface area (Å²) in [5, 5.41) is 14.2. The van der Waals surface area contributed by atoms with Crippen molar-refractivity contribution in [2.45, 2.75) is 33.7 Å². The van der Waals surface area contributed by atoms with Crippen LogP contribution in [0, 0.1) is 24.2 Å². The van der Waals surface area contributed by atoms with E-state index in [1.807, 2.05) is 12.1 Å². The summed E-state index contributed by atoms with van der Waals surface area (Å²) >= 11 is 6.29. The first-order valence-electron chi connectivity index (χ1n) is 6.72. The Hall–Kier alpha value is -1.79. The van der Waals surface area contributed by atoms with Crippen LogP contribution in [0.4, 0.5) is 0 Å². The number of benzene rings is 1. The van der Waals surface area contributed by atoms with Crippen LogP contribution in [0.2, 0.25) is 5.15 Å². The van der Waals surface area contributed by atoms with Gasteiger partial charge in [-0.05, 0) is 30.4 Å². The summed E-state index contributed by atoms with van der Waals surface area (Å²) in [6.45, 7) is 6.87. The standard InChI is InChI=1S/C16H18ClN3/c1-11(2)8-15-14(9-18)16(17)20(19-15)10-13-7-5-4-6-12(13)3/h4-7,11H,8,10H2,1-3H3. The van der Waals surface area contributed by atoms with E-state index in [-0.39, 0.29) is 0 Å². The molecule has 0 fully saturated rings. The van der Waals surface area contributed by atoms with Crippen LogP contribution in [0.25, 0.3) is 0 Å². The van der Waals surface area contributed by atoms with Crippen LogP contribution >= 0.6 is 11.6 Å². The molecule has 0 spiro atoms. The fourth-order valence-electron chi connectivity index (χ4n) is 2.18. The van der Waals surface area contributed by atoms with Gasteiger partial charge in [0, 0.05) is 0 Å². The minimum absolute atomic E-state index is 0.436. The Labute approximate surface area is 124 Å². The van der Waals surface area contributed by atoms with Crippen LogP contribution in [0.15, 0.2) is 24.3 Å². The van der Waals surface area contributed by atoms with E-state index in [0.29, 0.717) is 23.2 Å². The fourth-order valence-corrected chi connectivity index (χ4v) is 2.43. The van der Waals surface area contributed by atoms with Gasteiger partial charge in [0.1, 0.15) is 16.8 Å². The van der Waals surface area contributed by atoms with Gasteiger partial charge in [-0.15, -0.1) is 0 Å². The summed E-state index contributed by atoms with van der Waals surface area (Å²) in [4.78, 5) is 0. The van der Waals surface area contributed by atoms with Crippen molar-refractivity contribution in [3.8, 4) is 6.07 Å². The molecule has 0 bridgehead atoms. The highest BCUT2D eigenvalue weighted by Crippen LogP contribution is 2.23. The van der Waals surface area contributed by atoms with Crippen molar-refractivity contribution in [1.29, 1.82) is 5.26 Å². The molecule has 1 aromatic heterocycles. The Morgan fingerprint density at radius 1 is 1.35 bits per heavy atom. The molecule has 0 atom stereocenters. The summed E-state index contributed by atoms with van der Waals surface area (Å²) in [5.41, 5.74) is 3.66. The van der Waals surface area contributed by atoms with Crippen LogP contribution in [0.1, 0.15) is 36.2 Å². The quantitative estimate of drug-likeness (QED) is 0.854. The predicted molar refractivity (Wildman–Crippen MR) is 80.8 cm³/mol. The van der Waals surface area contributed by atoms with E-state index >= 15 is 0 Å². The monoisotopic (exact) mass is 287 g/mol. The average Bonchev–Trinajstić information content (AvgIpc) is 2.67. The molecule has 4 heteroatoms. The number of hydrogen-bond donors (Lipinski definition) is 0. The van der Waals surface area contributed by atoms with Gasteiger partial charge < -0.3 is 0 Å². The molecule has 0 aliphatic heterocycles. The van der Waals surface area contributed by atoms with E-state index < -0.39 is 0 Å². The maximum atomic E-state index is 9.26. The van der Waals surface area contributed by atoms with Crippen LogP contribution in [0.3, 0.4) is 0 Å². The Bertz CT molecular complexity index is 650. The molecule has 3 nitrogen and oxygen atoms in total. The first-order valence-corrected chi connectivity index (χ1v) is 7.10. The molecule has 0 aliphatic rings. The van der Waals surface area contributed by atoms with Crippen molar-refractivity contribution in [3.05, 3.63) is 51.8 Å². The van der Waals surface area contributed by atoms with E-state index in [4.69, 9.17) is 11.6 Å². The van der Waals surface area contributed by atoms with Gasteiger partial charge in [-0.3, -0.25) is 0 Å². The second-order valence-corrected chi connectivity index (χ2v) is 5.76. The van der Waals surface area contributed by atoms with Gasteiger partial charge in [0.15, 0.2) is 0 Å². The van der Waals surface area contributed by atoms with E-state index in [0.717, 1.165) is 17.7 Å². The van der Waals surface area contributed by atoms with Crippen molar-refractivity contribution in [3.63, 3.8) is 0 Å². The zero-order chi connectivity index (χ0) is 14.7. The van der Waals surface area contributed by atoms with E-state index in [1.165, 1.54) is 5.56 Å². The summed E-state index contributed by atoms with van der Waals surface area (Å²) in [6.07, 6.45) is 0.767. The molecule has 20 heavy (non-hydrogen) atoms. The number of halogens is 1. The highest BCUT2D eigenvalue weighted by molar-refractivity contribution is 6.30. The molecule has 0 saturated heterocycles. The van der Waals surface area contributed by atoms with Crippen LogP contribution in [0.5, 0.6) is 0 Å². The van der Waals surface area contributed by atoms with E-state index in [1.54, 1.807) is 4.68 Å². The second kappa shape index (κ2) is 6.11. The lowest BCUT2D eigenvalue weighted by molar-refractivity contribution is 0.607. The largest absolute Gasteiger partial charge is 0.248 e. The lowest BCUT2D eigenvalue weighted by atomic mass is 10.1. The van der Waals surface area contributed by atoms with Crippen LogP contribution in [-0.4, -0.2) is 9.78 Å². The van der Waals surface area contributed by atoms with Crippen molar-refractivity contribution in [1.82, 2.24) is 9.78 Å². The summed E-state index contributed by atoms with van der Waals surface area (Å²) in [7, 11) is 0. The van der Waals surface area contributed by atoms with E-state index in [2.05, 4.69) is 44.1 Å². The average molecular weight is 288 g/mol. The third-order valence-electron chi connectivity index (χ3n) is 3.26. The van der Waals surface area contributed by atoms with Gasteiger partial charge in [0.25, 0.3) is 0 Å². The summed E-state index contributed by atoms with van der Waals surface area (Å²) in [5.74, 6) is 0.444. The zero-order valence-corrected chi connectivity index (χ0v) is 12.8. The summed E-state index contributed by atoms with van der Waals surface area (Å²) < 4.78 is 1.72. The van der Waals surface area contributed by atoms with Gasteiger partial charge in [0.05, 0.1) is 12.2 Å². The second-order valence-electron chi connectivity index (χ2n) is 5.41. The number of aromatic nitrogens is 2. The molecule has 1 aromatic carbocycles. The normalized spacial score (nSPS) is 10.8. The van der Waals surface area contributed by atoms with Crippen LogP contribution < -0.4 is 0 Å². The topological polar surface area (TPSA) is 41.6 Å². The Kier molecular flexibility index (Phi) is 4.46. The van der Waals surface area contributed by atoms with Gasteiger partial charge in [-0.1, -0.05) is 49.7 Å². The van der Waals surface area contributed by atoms with Crippen molar-refractivity contribution >= 4 is 11.6 Å². The maximum absolute atomic E-state index is 9.26. The molecular weight excluding hydrogens is 270 g/mol. The molecule has 1 heterocycles. The van der Waals surface area contributed by atoms with Crippen molar-refractivity contribution in [2.75, 3.05) is 0 Å². The van der Waals surface area contributed by atoms with E-state index in [9.17, 15) is 5.26 Å². The molecule has 0 aliphatic carbocycles. The molecule has 2 rings (SSSR count). The maximum Gasteiger partial charge on any atom is 0.145 e. The highest BCUT2D eigenvalue weighted by Gasteiger charge is 2.17. The number of aryl methyl sites for hydroxylation is 1. The molecule has 0 N–H and O–H groups in total. The Morgan fingerprint density at radius 2 is 2.05 bits per heavy atom. The zero-order valence-electron chi connectivity index (χ0n) is 12.0. The van der Waals surface area contributed by atoms with Crippen LogP contribution in [-0.2, 0) is 13.0 Å². The van der Waals surface area contributed by atoms with Gasteiger partial charge in [-0.25, -0.2) is 4.68 Å². The highest BCUT2D eigenvalue weighted by atomic mass is 35.5. The molecule has 2 aromatic rings. The summed E-state index contributed by atoms with van der Waals surface area (Å²) in [6, 6.07) is 10.3. The van der Waals surface area contributed by atoms with Gasteiger partial charge >= 0.3 is 0 Å². The molecule has 104 valence electrons.